The van der Waals surface area contributed by atoms with E-state index in [1.807, 2.05) is 13.8 Å². The minimum atomic E-state index is -4.41. The smallest absolute Gasteiger partial charge is 0.370 e. The normalized spacial score (nSPS) is 11.8. The number of hydrogen-bond donors (Lipinski definition) is 3. The van der Waals surface area contributed by atoms with Gasteiger partial charge in [0.1, 0.15) is 0 Å². The maximum absolute atomic E-state index is 12.4. The van der Waals surface area contributed by atoms with E-state index in [1.54, 1.807) is 0 Å². The van der Waals surface area contributed by atoms with Crippen molar-refractivity contribution in [2.75, 3.05) is 19.6 Å². The van der Waals surface area contributed by atoms with Crippen molar-refractivity contribution < 1.29 is 18.0 Å². The van der Waals surface area contributed by atoms with Crippen LogP contribution in [-0.2, 0) is 6.18 Å². The van der Waals surface area contributed by atoms with Crippen LogP contribution in [0.25, 0.3) is 0 Å². The largest absolute Gasteiger partial charge is 0.416 e. The van der Waals surface area contributed by atoms with Crippen molar-refractivity contribution in [2.45, 2.75) is 20.0 Å². The summed E-state index contributed by atoms with van der Waals surface area (Å²) in [4.78, 5) is 15.9. The standard InChI is InChI=1S/C15H21F3N4O.HI/c1-10(2)9-22-14(19)21-8-7-20-13(23)11-3-5-12(6-4-11)15(16,17)18;/h3-6,10H,7-9H2,1-2H3,(H,20,23)(H3,19,21,22);1H. The number of carbonyl (C=O) groups is 1. The molecule has 136 valence electrons. The van der Waals surface area contributed by atoms with Gasteiger partial charge >= 0.3 is 6.18 Å². The maximum Gasteiger partial charge on any atom is 0.416 e. The molecule has 0 aliphatic carbocycles. The van der Waals surface area contributed by atoms with Gasteiger partial charge in [-0.2, -0.15) is 13.2 Å². The number of nitrogens with one attached hydrogen (secondary N) is 2. The lowest BCUT2D eigenvalue weighted by atomic mass is 10.1. The van der Waals surface area contributed by atoms with Gasteiger partial charge < -0.3 is 16.4 Å². The summed E-state index contributed by atoms with van der Waals surface area (Å²) in [7, 11) is 0. The third-order valence-corrected chi connectivity index (χ3v) is 2.82. The van der Waals surface area contributed by atoms with Crippen LogP contribution in [0.4, 0.5) is 13.2 Å². The Bertz CT molecular complexity index is 545. The molecular weight excluding hydrogens is 436 g/mol. The molecule has 0 radical (unpaired) electrons. The quantitative estimate of drug-likeness (QED) is 0.266. The number of rotatable bonds is 6. The number of carbonyl (C=O) groups excluding carboxylic acids is 1. The van der Waals surface area contributed by atoms with Crippen LogP contribution in [0.1, 0.15) is 29.8 Å². The van der Waals surface area contributed by atoms with Gasteiger partial charge in [0.15, 0.2) is 5.96 Å². The number of nitrogens with two attached hydrogens (primary N) is 1. The topological polar surface area (TPSA) is 79.5 Å². The molecule has 24 heavy (non-hydrogen) atoms. The van der Waals surface area contributed by atoms with Gasteiger partial charge in [0.2, 0.25) is 0 Å². The highest BCUT2D eigenvalue weighted by Crippen LogP contribution is 2.28. The van der Waals surface area contributed by atoms with Crippen LogP contribution >= 0.6 is 24.0 Å². The molecule has 1 rings (SSSR count). The van der Waals surface area contributed by atoms with Crippen LogP contribution in [-0.4, -0.2) is 31.5 Å². The first kappa shape index (κ1) is 22.5. The van der Waals surface area contributed by atoms with Crippen LogP contribution < -0.4 is 16.4 Å². The molecule has 0 aliphatic heterocycles. The van der Waals surface area contributed by atoms with Crippen LogP contribution in [0, 0.1) is 5.92 Å². The molecule has 1 aromatic rings. The molecule has 0 saturated heterocycles. The molecule has 0 aliphatic rings. The SMILES string of the molecule is CC(C)CN=C(N)NCCNC(=O)c1ccc(C(F)(F)F)cc1.I. The molecule has 4 N–H and O–H groups in total. The van der Waals surface area contributed by atoms with Crippen molar-refractivity contribution in [1.29, 1.82) is 0 Å². The summed E-state index contributed by atoms with van der Waals surface area (Å²) in [5, 5.41) is 5.42. The van der Waals surface area contributed by atoms with Crippen molar-refractivity contribution in [3.05, 3.63) is 35.4 Å². The number of hydrogen-bond acceptors (Lipinski definition) is 2. The Balaban J connectivity index is 0.00000529. The molecule has 1 amide bonds. The van der Waals surface area contributed by atoms with Crippen molar-refractivity contribution in [2.24, 2.45) is 16.6 Å². The molecule has 0 saturated carbocycles. The first-order valence-corrected chi connectivity index (χ1v) is 7.19. The number of nitrogens with zero attached hydrogens (tertiary/aromatic N) is 1. The summed E-state index contributed by atoms with van der Waals surface area (Å²) in [6.45, 7) is 5.29. The van der Waals surface area contributed by atoms with E-state index >= 15 is 0 Å². The average Bonchev–Trinajstić information content (AvgIpc) is 2.48. The van der Waals surface area contributed by atoms with E-state index in [1.165, 1.54) is 0 Å². The fourth-order valence-corrected chi connectivity index (χ4v) is 1.62. The van der Waals surface area contributed by atoms with E-state index in [4.69, 9.17) is 5.73 Å². The maximum atomic E-state index is 12.4. The van der Waals surface area contributed by atoms with E-state index in [0.717, 1.165) is 24.3 Å². The molecule has 5 nitrogen and oxygen atoms in total. The van der Waals surface area contributed by atoms with E-state index in [2.05, 4.69) is 15.6 Å². The Morgan fingerprint density at radius 1 is 1.17 bits per heavy atom. The predicted octanol–water partition coefficient (Wildman–Crippen LogP) is 2.61. The minimum Gasteiger partial charge on any atom is -0.370 e. The predicted molar refractivity (Wildman–Crippen MR) is 98.5 cm³/mol. The lowest BCUT2D eigenvalue weighted by molar-refractivity contribution is -0.137. The Morgan fingerprint density at radius 3 is 2.21 bits per heavy atom. The Hall–Kier alpha value is -1.52. The third-order valence-electron chi connectivity index (χ3n) is 2.82. The number of halogens is 4. The van der Waals surface area contributed by atoms with Crippen LogP contribution in [0.5, 0.6) is 0 Å². The Morgan fingerprint density at radius 2 is 1.71 bits per heavy atom. The number of aliphatic imine (C=N–C) groups is 1. The van der Waals surface area contributed by atoms with Gasteiger partial charge in [-0.25, -0.2) is 0 Å². The van der Waals surface area contributed by atoms with Gasteiger partial charge in [-0.3, -0.25) is 9.79 Å². The highest BCUT2D eigenvalue weighted by Gasteiger charge is 2.30. The molecule has 0 atom stereocenters. The van der Waals surface area contributed by atoms with E-state index in [0.29, 0.717) is 25.0 Å². The molecule has 0 fully saturated rings. The number of alkyl halides is 3. The lowest BCUT2D eigenvalue weighted by Gasteiger charge is -2.09. The molecule has 0 aromatic heterocycles. The highest BCUT2D eigenvalue weighted by molar-refractivity contribution is 14.0. The molecule has 0 heterocycles. The second-order valence-corrected chi connectivity index (χ2v) is 5.38. The van der Waals surface area contributed by atoms with Crippen LogP contribution in [0.15, 0.2) is 29.3 Å². The second kappa shape index (κ2) is 10.4. The van der Waals surface area contributed by atoms with E-state index in [-0.39, 0.29) is 36.1 Å². The van der Waals surface area contributed by atoms with Gasteiger partial charge in [0.05, 0.1) is 5.56 Å². The fraction of sp³-hybridized carbons (Fsp3) is 0.467. The van der Waals surface area contributed by atoms with E-state index in [9.17, 15) is 18.0 Å². The molecule has 0 unspecified atom stereocenters. The first-order valence-electron chi connectivity index (χ1n) is 7.19. The number of amides is 1. The highest BCUT2D eigenvalue weighted by atomic mass is 127. The summed E-state index contributed by atoms with van der Waals surface area (Å²) in [5.41, 5.74) is 5.01. The monoisotopic (exact) mass is 458 g/mol. The van der Waals surface area contributed by atoms with Crippen molar-refractivity contribution in [1.82, 2.24) is 10.6 Å². The number of benzene rings is 1. The average molecular weight is 458 g/mol. The van der Waals surface area contributed by atoms with Crippen LogP contribution in [0.3, 0.4) is 0 Å². The zero-order valence-electron chi connectivity index (χ0n) is 13.5. The minimum absolute atomic E-state index is 0. The summed E-state index contributed by atoms with van der Waals surface area (Å²) in [6, 6.07) is 4.04. The molecule has 0 bridgehead atoms. The van der Waals surface area contributed by atoms with Gasteiger partial charge in [-0.05, 0) is 30.2 Å². The van der Waals surface area contributed by atoms with Gasteiger partial charge in [0, 0.05) is 25.2 Å². The molecule has 0 spiro atoms. The second-order valence-electron chi connectivity index (χ2n) is 5.38. The Kier molecular flexibility index (Phi) is 9.71. The summed E-state index contributed by atoms with van der Waals surface area (Å²) in [6.07, 6.45) is -4.41. The molecular formula is C15H22F3IN4O. The van der Waals surface area contributed by atoms with Crippen molar-refractivity contribution >= 4 is 35.8 Å². The first-order chi connectivity index (χ1) is 10.7. The Labute approximate surface area is 156 Å². The summed E-state index contributed by atoms with van der Waals surface area (Å²) in [5.74, 6) is 0.246. The van der Waals surface area contributed by atoms with Gasteiger partial charge in [-0.15, -0.1) is 24.0 Å². The summed E-state index contributed by atoms with van der Waals surface area (Å²) >= 11 is 0. The van der Waals surface area contributed by atoms with Crippen LogP contribution in [0.2, 0.25) is 0 Å². The lowest BCUT2D eigenvalue weighted by Crippen LogP contribution is -2.38. The van der Waals surface area contributed by atoms with Gasteiger partial charge in [-0.1, -0.05) is 13.8 Å². The molecule has 9 heteroatoms. The van der Waals surface area contributed by atoms with E-state index < -0.39 is 17.6 Å². The fourth-order valence-electron chi connectivity index (χ4n) is 1.62. The number of guanidine groups is 1. The zero-order valence-corrected chi connectivity index (χ0v) is 15.8. The van der Waals surface area contributed by atoms with Crippen molar-refractivity contribution in [3.63, 3.8) is 0 Å². The summed E-state index contributed by atoms with van der Waals surface area (Å²) < 4.78 is 37.3. The van der Waals surface area contributed by atoms with Crippen molar-refractivity contribution in [3.8, 4) is 0 Å². The zero-order chi connectivity index (χ0) is 17.5. The third kappa shape index (κ3) is 8.37. The van der Waals surface area contributed by atoms with Gasteiger partial charge in [0.25, 0.3) is 5.91 Å². The molecule has 1 aromatic carbocycles.